The summed E-state index contributed by atoms with van der Waals surface area (Å²) >= 11 is 6.04. The monoisotopic (exact) mass is 424 g/mol. The third-order valence-corrected chi connectivity index (χ3v) is 6.85. The molecule has 0 radical (unpaired) electrons. The fourth-order valence-corrected chi connectivity index (χ4v) is 4.98. The molecule has 2 bridgehead atoms. The molecule has 0 spiro atoms. The second-order valence-electron chi connectivity index (χ2n) is 8.09. The second kappa shape index (κ2) is 8.27. The van der Waals surface area contributed by atoms with Gasteiger partial charge in [-0.3, -0.25) is 5.41 Å². The van der Waals surface area contributed by atoms with Crippen LogP contribution in [0.1, 0.15) is 57.9 Å². The Hall–Kier alpha value is -2.59. The molecule has 2 saturated heterocycles. The number of nitrogens with one attached hydrogen (secondary N) is 1. The van der Waals surface area contributed by atoms with Crippen molar-refractivity contribution in [2.45, 2.75) is 64.3 Å². The van der Waals surface area contributed by atoms with E-state index >= 15 is 0 Å². The highest BCUT2D eigenvalue weighted by Crippen LogP contribution is 2.66. The summed E-state index contributed by atoms with van der Waals surface area (Å²) in [6, 6.07) is 13.2. The van der Waals surface area contributed by atoms with Crippen molar-refractivity contribution in [2.75, 3.05) is 0 Å². The van der Waals surface area contributed by atoms with Crippen LogP contribution in [-0.2, 0) is 15.3 Å². The van der Waals surface area contributed by atoms with Crippen molar-refractivity contribution >= 4 is 17.5 Å². The van der Waals surface area contributed by atoms with Gasteiger partial charge in [0.25, 0.3) is 0 Å². The normalized spacial score (nSPS) is 31.3. The number of ether oxygens (including phenoxy) is 2. The Morgan fingerprint density at radius 3 is 2.23 bits per heavy atom. The van der Waals surface area contributed by atoms with E-state index < -0.39 is 28.6 Å². The average molecular weight is 425 g/mol. The predicted molar refractivity (Wildman–Crippen MR) is 111 cm³/mol. The van der Waals surface area contributed by atoms with Crippen molar-refractivity contribution in [3.05, 3.63) is 34.9 Å². The molecule has 2 aliphatic heterocycles. The molecule has 7 heteroatoms. The number of rotatable bonds is 7. The number of hydrogen-bond acceptors (Lipinski definition) is 6. The van der Waals surface area contributed by atoms with Gasteiger partial charge in [0.05, 0.1) is 30.2 Å². The molecule has 2 fully saturated rings. The van der Waals surface area contributed by atoms with Crippen LogP contribution in [-0.4, -0.2) is 12.0 Å². The first-order valence-corrected chi connectivity index (χ1v) is 10.7. The molecular weight excluding hydrogens is 400 g/mol. The molecule has 0 amide bonds. The van der Waals surface area contributed by atoms with E-state index in [4.69, 9.17) is 26.5 Å². The third kappa shape index (κ3) is 2.89. The van der Waals surface area contributed by atoms with Crippen molar-refractivity contribution in [1.29, 1.82) is 21.2 Å². The number of hydrogen-bond donors (Lipinski definition) is 1. The Labute approximate surface area is 182 Å². The van der Waals surface area contributed by atoms with Crippen LogP contribution in [0.4, 0.5) is 0 Å². The van der Waals surface area contributed by atoms with Gasteiger partial charge in [-0.2, -0.15) is 15.8 Å². The van der Waals surface area contributed by atoms with Gasteiger partial charge in [0.1, 0.15) is 0 Å². The van der Waals surface area contributed by atoms with Crippen molar-refractivity contribution in [2.24, 2.45) is 16.7 Å². The third-order valence-electron chi connectivity index (χ3n) is 6.60. The molecule has 0 aliphatic carbocycles. The number of benzene rings is 1. The van der Waals surface area contributed by atoms with Crippen LogP contribution in [0.5, 0.6) is 0 Å². The van der Waals surface area contributed by atoms with E-state index in [0.29, 0.717) is 17.0 Å². The maximum atomic E-state index is 10.2. The number of nitriles is 3. The average Bonchev–Trinajstić information content (AvgIpc) is 2.91. The Morgan fingerprint density at radius 1 is 1.03 bits per heavy atom. The minimum absolute atomic E-state index is 0.385. The lowest BCUT2D eigenvalue weighted by atomic mass is 9.53. The molecule has 156 valence electrons. The van der Waals surface area contributed by atoms with Crippen LogP contribution < -0.4 is 0 Å². The lowest BCUT2D eigenvalue weighted by Crippen LogP contribution is -2.60. The van der Waals surface area contributed by atoms with Gasteiger partial charge in [-0.15, -0.1) is 0 Å². The molecule has 1 aromatic rings. The van der Waals surface area contributed by atoms with Gasteiger partial charge < -0.3 is 9.47 Å². The lowest BCUT2D eigenvalue weighted by molar-refractivity contribution is -0.286. The number of halogens is 1. The van der Waals surface area contributed by atoms with Crippen LogP contribution in [0.15, 0.2) is 24.3 Å². The number of nitrogens with zero attached hydrogens (tertiary/aromatic N) is 3. The summed E-state index contributed by atoms with van der Waals surface area (Å²) in [6.07, 6.45) is 4.58. The summed E-state index contributed by atoms with van der Waals surface area (Å²) in [5, 5.41) is 39.5. The molecule has 3 rings (SSSR count). The quantitative estimate of drug-likeness (QED) is 0.585. The van der Waals surface area contributed by atoms with Gasteiger partial charge in [-0.05, 0) is 18.6 Å². The maximum absolute atomic E-state index is 10.2. The van der Waals surface area contributed by atoms with E-state index in [1.165, 1.54) is 0 Å². The molecule has 4 atom stereocenters. The molecule has 30 heavy (non-hydrogen) atoms. The first-order chi connectivity index (χ1) is 14.4. The predicted octanol–water partition coefficient (Wildman–Crippen LogP) is 5.44. The summed E-state index contributed by atoms with van der Waals surface area (Å²) in [5.41, 5.74) is -2.93. The first kappa shape index (κ1) is 22.1. The first-order valence-electron chi connectivity index (χ1n) is 10.3. The summed E-state index contributed by atoms with van der Waals surface area (Å²) in [4.78, 5) is 0. The Bertz CT molecular complexity index is 928. The van der Waals surface area contributed by atoms with E-state index in [0.717, 1.165) is 32.1 Å². The van der Waals surface area contributed by atoms with Gasteiger partial charge in [-0.1, -0.05) is 69.7 Å². The highest BCUT2D eigenvalue weighted by Gasteiger charge is 2.79. The minimum Gasteiger partial charge on any atom is -0.443 e. The van der Waals surface area contributed by atoms with Crippen LogP contribution in [0.3, 0.4) is 0 Å². The molecule has 0 aromatic heterocycles. The van der Waals surface area contributed by atoms with Crippen LogP contribution in [0.25, 0.3) is 0 Å². The molecule has 4 unspecified atom stereocenters. The summed E-state index contributed by atoms with van der Waals surface area (Å²) in [6.45, 7) is 3.84. The lowest BCUT2D eigenvalue weighted by Gasteiger charge is -2.48. The number of fused-ring (bicyclic) bond motifs is 2. The van der Waals surface area contributed by atoms with Gasteiger partial charge in [0.2, 0.25) is 11.7 Å². The Balaban J connectivity index is 2.09. The molecule has 1 N–H and O–H groups in total. The van der Waals surface area contributed by atoms with Gasteiger partial charge in [-0.25, -0.2) is 0 Å². The standard InChI is InChI=1S/C23H25ClN4O2/c1-3-4-5-6-7-8-19-21(13-25,14-26)22(15-27)16(2)23(29-19,30-20(22)28)17-9-11-18(24)12-10-17/h9-12,16,19,28H,3-8H2,1-2H3. The summed E-state index contributed by atoms with van der Waals surface area (Å²) in [7, 11) is 0. The van der Waals surface area contributed by atoms with Crippen molar-refractivity contribution < 1.29 is 9.47 Å². The Kier molecular flexibility index (Phi) is 6.09. The minimum atomic E-state index is -1.82. The topological polar surface area (TPSA) is 114 Å². The summed E-state index contributed by atoms with van der Waals surface area (Å²) in [5.74, 6) is -2.54. The zero-order valence-electron chi connectivity index (χ0n) is 17.2. The fourth-order valence-electron chi connectivity index (χ4n) is 4.85. The molecule has 6 nitrogen and oxygen atoms in total. The molecule has 0 saturated carbocycles. The van der Waals surface area contributed by atoms with E-state index in [1.807, 2.05) is 0 Å². The van der Waals surface area contributed by atoms with E-state index in [2.05, 4.69) is 25.1 Å². The molecule has 2 aliphatic rings. The van der Waals surface area contributed by atoms with Gasteiger partial charge in [0.15, 0.2) is 10.8 Å². The smallest absolute Gasteiger partial charge is 0.243 e. The maximum Gasteiger partial charge on any atom is 0.243 e. The van der Waals surface area contributed by atoms with Crippen LogP contribution >= 0.6 is 11.6 Å². The van der Waals surface area contributed by atoms with Crippen molar-refractivity contribution in [3.63, 3.8) is 0 Å². The molecule has 1 aromatic carbocycles. The fraction of sp³-hybridized carbons (Fsp3) is 0.565. The SMILES string of the molecule is CCCCCCCC1OC2(c3ccc(Cl)cc3)OC(=N)C(C#N)(C2C)C1(C#N)C#N. The summed E-state index contributed by atoms with van der Waals surface area (Å²) < 4.78 is 12.3. The van der Waals surface area contributed by atoms with Gasteiger partial charge in [0, 0.05) is 10.6 Å². The highest BCUT2D eigenvalue weighted by molar-refractivity contribution is 6.30. The Morgan fingerprint density at radius 2 is 1.67 bits per heavy atom. The van der Waals surface area contributed by atoms with Gasteiger partial charge >= 0.3 is 0 Å². The van der Waals surface area contributed by atoms with E-state index in [1.54, 1.807) is 31.2 Å². The highest BCUT2D eigenvalue weighted by atomic mass is 35.5. The molecular formula is C23H25ClN4O2. The zero-order valence-corrected chi connectivity index (χ0v) is 18.0. The van der Waals surface area contributed by atoms with Crippen LogP contribution in [0.2, 0.25) is 5.02 Å². The zero-order chi connectivity index (χ0) is 22.0. The number of unbranched alkanes of at least 4 members (excludes halogenated alkanes) is 4. The largest absolute Gasteiger partial charge is 0.443 e. The van der Waals surface area contributed by atoms with Crippen molar-refractivity contribution in [1.82, 2.24) is 0 Å². The van der Waals surface area contributed by atoms with Crippen LogP contribution in [0, 0.1) is 56.2 Å². The van der Waals surface area contributed by atoms with E-state index in [-0.39, 0.29) is 5.90 Å². The van der Waals surface area contributed by atoms with E-state index in [9.17, 15) is 15.8 Å². The van der Waals surface area contributed by atoms with Crippen molar-refractivity contribution in [3.8, 4) is 18.2 Å². The molecule has 2 heterocycles. The second-order valence-corrected chi connectivity index (χ2v) is 8.52.